The molecule has 1 aliphatic heterocycles. The van der Waals surface area contributed by atoms with Crippen LogP contribution in [0.5, 0.6) is 0 Å². The molecule has 1 heterocycles. The third-order valence-corrected chi connectivity index (χ3v) is 4.81. The summed E-state index contributed by atoms with van der Waals surface area (Å²) in [6.45, 7) is 4.38. The van der Waals surface area contributed by atoms with E-state index in [0.717, 1.165) is 49.5 Å². The topological polar surface area (TPSA) is 48.9 Å². The molecular weight excluding hydrogens is 332 g/mol. The number of morpholine rings is 1. The maximum atomic E-state index is 5.88. The van der Waals surface area contributed by atoms with Gasteiger partial charge < -0.3 is 20.3 Å². The monoisotopic (exact) mass is 356 g/mol. The van der Waals surface area contributed by atoms with Crippen LogP contribution in [0.2, 0.25) is 5.02 Å². The summed E-state index contributed by atoms with van der Waals surface area (Å²) in [5.74, 6) is 1.78. The van der Waals surface area contributed by atoms with Gasteiger partial charge >= 0.3 is 0 Å². The summed E-state index contributed by atoms with van der Waals surface area (Å²) in [5, 5.41) is 7.42. The van der Waals surface area contributed by atoms with Crippen molar-refractivity contribution in [2.24, 2.45) is 4.99 Å². The van der Waals surface area contributed by atoms with Gasteiger partial charge in [-0.05, 0) is 31.3 Å². The van der Waals surface area contributed by atoms with Gasteiger partial charge in [0.25, 0.3) is 0 Å². The number of hydrogen-bond donors (Lipinski definition) is 2. The lowest BCUT2D eigenvalue weighted by Gasteiger charge is -2.30. The number of nitrogens with zero attached hydrogens (tertiary/aromatic N) is 2. The van der Waals surface area contributed by atoms with E-state index < -0.39 is 0 Å². The number of aliphatic imine (C=N–C) groups is 1. The molecule has 1 aliphatic rings. The molecule has 0 amide bonds. The molecule has 1 unspecified atom stereocenters. The number of halogens is 1. The van der Waals surface area contributed by atoms with E-state index in [4.69, 9.17) is 16.3 Å². The minimum atomic E-state index is 0.218. The Morgan fingerprint density at radius 1 is 1.39 bits per heavy atom. The number of guanidine groups is 1. The van der Waals surface area contributed by atoms with E-state index in [1.54, 1.807) is 18.8 Å². The summed E-state index contributed by atoms with van der Waals surface area (Å²) in [6.07, 6.45) is 0.218. The first-order chi connectivity index (χ1) is 11.2. The number of hydrogen-bond acceptors (Lipinski definition) is 4. The Balaban J connectivity index is 1.62. The van der Waals surface area contributed by atoms with Crippen LogP contribution in [0.1, 0.15) is 0 Å². The van der Waals surface area contributed by atoms with Crippen LogP contribution in [-0.2, 0) is 4.74 Å². The van der Waals surface area contributed by atoms with Gasteiger partial charge in [0.15, 0.2) is 5.96 Å². The quantitative estimate of drug-likeness (QED) is 0.353. The van der Waals surface area contributed by atoms with E-state index in [-0.39, 0.29) is 6.10 Å². The van der Waals surface area contributed by atoms with E-state index in [1.807, 2.05) is 24.3 Å². The first-order valence-corrected chi connectivity index (χ1v) is 9.17. The minimum absolute atomic E-state index is 0.218. The molecule has 0 spiro atoms. The lowest BCUT2D eigenvalue weighted by molar-refractivity contribution is -0.0161. The lowest BCUT2D eigenvalue weighted by Crippen LogP contribution is -2.48. The van der Waals surface area contributed by atoms with Crippen molar-refractivity contribution in [2.45, 2.75) is 11.0 Å². The Kier molecular flexibility index (Phi) is 8.02. The van der Waals surface area contributed by atoms with E-state index in [2.05, 4.69) is 27.6 Å². The van der Waals surface area contributed by atoms with Crippen LogP contribution in [0.3, 0.4) is 0 Å². The maximum absolute atomic E-state index is 5.88. The first kappa shape index (κ1) is 18.4. The first-order valence-electron chi connectivity index (χ1n) is 7.80. The van der Waals surface area contributed by atoms with Crippen LogP contribution in [0.4, 0.5) is 0 Å². The van der Waals surface area contributed by atoms with Crippen LogP contribution in [-0.4, -0.2) is 69.6 Å². The van der Waals surface area contributed by atoms with Crippen molar-refractivity contribution in [1.29, 1.82) is 0 Å². The molecular formula is C16H25ClN4OS. The summed E-state index contributed by atoms with van der Waals surface area (Å²) >= 11 is 7.68. The average Bonchev–Trinajstić information content (AvgIpc) is 2.56. The second kappa shape index (κ2) is 10.0. The van der Waals surface area contributed by atoms with Crippen LogP contribution < -0.4 is 10.6 Å². The molecule has 0 aliphatic carbocycles. The fourth-order valence-electron chi connectivity index (χ4n) is 2.29. The van der Waals surface area contributed by atoms with Gasteiger partial charge in [-0.25, -0.2) is 0 Å². The van der Waals surface area contributed by atoms with E-state index in [9.17, 15) is 0 Å². The van der Waals surface area contributed by atoms with Crippen molar-refractivity contribution in [3.8, 4) is 0 Å². The molecule has 128 valence electrons. The molecule has 2 N–H and O–H groups in total. The third-order valence-electron chi connectivity index (χ3n) is 3.54. The van der Waals surface area contributed by atoms with E-state index in [1.165, 1.54) is 4.90 Å². The van der Waals surface area contributed by atoms with Crippen LogP contribution in [0.25, 0.3) is 0 Å². The molecule has 0 aromatic heterocycles. The van der Waals surface area contributed by atoms with Crippen molar-refractivity contribution in [3.05, 3.63) is 29.3 Å². The van der Waals surface area contributed by atoms with Crippen LogP contribution >= 0.6 is 23.4 Å². The second-order valence-corrected chi connectivity index (χ2v) is 7.04. The molecule has 23 heavy (non-hydrogen) atoms. The normalized spacial score (nSPS) is 19.6. The van der Waals surface area contributed by atoms with Gasteiger partial charge in [-0.15, -0.1) is 11.8 Å². The largest absolute Gasteiger partial charge is 0.374 e. The molecule has 0 bridgehead atoms. The van der Waals surface area contributed by atoms with Gasteiger partial charge in [-0.2, -0.15) is 0 Å². The molecule has 0 radical (unpaired) electrons. The van der Waals surface area contributed by atoms with Crippen molar-refractivity contribution < 1.29 is 4.74 Å². The minimum Gasteiger partial charge on any atom is -0.374 e. The van der Waals surface area contributed by atoms with Crippen molar-refractivity contribution in [2.75, 3.05) is 52.6 Å². The highest BCUT2D eigenvalue weighted by atomic mass is 35.5. The Morgan fingerprint density at radius 2 is 2.17 bits per heavy atom. The van der Waals surface area contributed by atoms with E-state index >= 15 is 0 Å². The summed E-state index contributed by atoms with van der Waals surface area (Å²) in [7, 11) is 3.91. The molecule has 1 fully saturated rings. The second-order valence-electron chi connectivity index (χ2n) is 5.44. The van der Waals surface area contributed by atoms with Crippen molar-refractivity contribution >= 4 is 29.3 Å². The van der Waals surface area contributed by atoms with Gasteiger partial charge in [0.1, 0.15) is 0 Å². The standard InChI is InChI=1S/C16H25ClN4OS/c1-18-16(20-11-14-12-21(2)8-9-22-14)19-7-10-23-15-5-3-13(17)4-6-15/h3-6,14H,7-12H2,1-2H3,(H2,18,19,20). The number of ether oxygens (including phenoxy) is 1. The predicted octanol–water partition coefficient (Wildman–Crippen LogP) is 1.93. The number of benzene rings is 1. The number of rotatable bonds is 6. The summed E-state index contributed by atoms with van der Waals surface area (Å²) in [5.41, 5.74) is 0. The van der Waals surface area contributed by atoms with Gasteiger partial charge in [0.05, 0.1) is 12.7 Å². The zero-order valence-corrected chi connectivity index (χ0v) is 15.3. The molecule has 1 saturated heterocycles. The maximum Gasteiger partial charge on any atom is 0.191 e. The highest BCUT2D eigenvalue weighted by Crippen LogP contribution is 2.19. The Morgan fingerprint density at radius 3 is 2.87 bits per heavy atom. The Labute approximate surface area is 147 Å². The Hall–Kier alpha value is -0.950. The Bertz CT molecular complexity index is 497. The predicted molar refractivity (Wildman–Crippen MR) is 98.8 cm³/mol. The fraction of sp³-hybridized carbons (Fsp3) is 0.562. The molecule has 2 rings (SSSR count). The van der Waals surface area contributed by atoms with Gasteiger partial charge in [-0.1, -0.05) is 11.6 Å². The average molecular weight is 357 g/mol. The van der Waals surface area contributed by atoms with Crippen molar-refractivity contribution in [3.63, 3.8) is 0 Å². The number of likely N-dealkylation sites (N-methyl/N-ethyl adjacent to an activating group) is 1. The molecule has 1 aromatic rings. The highest BCUT2D eigenvalue weighted by molar-refractivity contribution is 7.99. The fourth-order valence-corrected chi connectivity index (χ4v) is 3.18. The summed E-state index contributed by atoms with van der Waals surface area (Å²) in [6, 6.07) is 7.91. The van der Waals surface area contributed by atoms with Crippen molar-refractivity contribution in [1.82, 2.24) is 15.5 Å². The zero-order valence-electron chi connectivity index (χ0n) is 13.7. The summed E-state index contributed by atoms with van der Waals surface area (Å²) < 4.78 is 5.73. The number of thioether (sulfide) groups is 1. The van der Waals surface area contributed by atoms with Crippen LogP contribution in [0, 0.1) is 0 Å². The molecule has 1 aromatic carbocycles. The molecule has 0 saturated carbocycles. The van der Waals surface area contributed by atoms with Crippen LogP contribution in [0.15, 0.2) is 34.2 Å². The zero-order chi connectivity index (χ0) is 16.5. The van der Waals surface area contributed by atoms with Gasteiger partial charge in [0.2, 0.25) is 0 Å². The highest BCUT2D eigenvalue weighted by Gasteiger charge is 2.17. The third kappa shape index (κ3) is 6.99. The molecule has 1 atom stereocenters. The molecule has 5 nitrogen and oxygen atoms in total. The molecule has 7 heteroatoms. The lowest BCUT2D eigenvalue weighted by atomic mass is 10.3. The smallest absolute Gasteiger partial charge is 0.191 e. The number of nitrogens with one attached hydrogen (secondary N) is 2. The van der Waals surface area contributed by atoms with Gasteiger partial charge in [0, 0.05) is 48.9 Å². The van der Waals surface area contributed by atoms with Gasteiger partial charge in [-0.3, -0.25) is 4.99 Å². The van der Waals surface area contributed by atoms with E-state index in [0.29, 0.717) is 0 Å². The SMILES string of the molecule is CN=C(NCCSc1ccc(Cl)cc1)NCC1CN(C)CCO1. The summed E-state index contributed by atoms with van der Waals surface area (Å²) in [4.78, 5) is 7.75.